The number of carbonyl (C=O) groups excluding carboxylic acids is 2. The minimum absolute atomic E-state index is 0.169. The maximum atomic E-state index is 10.8. The summed E-state index contributed by atoms with van der Waals surface area (Å²) in [5.74, 6) is -1.33. The molecular weight excluding hydrogens is 220 g/mol. The third-order valence-corrected chi connectivity index (χ3v) is 2.51. The first-order valence-electron chi connectivity index (χ1n) is 4.25. The van der Waals surface area contributed by atoms with Crippen LogP contribution in [0.2, 0.25) is 0 Å². The molecule has 86 valence electrons. The van der Waals surface area contributed by atoms with Crippen molar-refractivity contribution in [3.8, 4) is 0 Å². The SMILES string of the molecule is CNC(=O)CSC[C@H](NC(C)=O)C(=O)O. The summed E-state index contributed by atoms with van der Waals surface area (Å²) in [4.78, 5) is 32.1. The minimum atomic E-state index is -1.10. The summed E-state index contributed by atoms with van der Waals surface area (Å²) in [6, 6.07) is -0.947. The minimum Gasteiger partial charge on any atom is -0.480 e. The van der Waals surface area contributed by atoms with Crippen LogP contribution in [0.25, 0.3) is 0 Å². The van der Waals surface area contributed by atoms with Crippen LogP contribution in [0, 0.1) is 0 Å². The Labute approximate surface area is 91.8 Å². The number of nitrogens with one attached hydrogen (secondary N) is 2. The lowest BCUT2D eigenvalue weighted by Crippen LogP contribution is -2.41. The summed E-state index contributed by atoms with van der Waals surface area (Å²) < 4.78 is 0. The Morgan fingerprint density at radius 3 is 2.40 bits per heavy atom. The number of hydrogen-bond donors (Lipinski definition) is 3. The lowest BCUT2D eigenvalue weighted by atomic mass is 10.3. The second kappa shape index (κ2) is 7.10. The van der Waals surface area contributed by atoms with Crippen molar-refractivity contribution in [2.24, 2.45) is 0 Å². The standard InChI is InChI=1S/C8H14N2O4S/c1-5(11)10-6(8(13)14)3-15-4-7(12)9-2/h6H,3-4H2,1-2H3,(H,9,12)(H,10,11)(H,13,14)/t6-/m0/s1. The zero-order valence-corrected chi connectivity index (χ0v) is 9.39. The Kier molecular flexibility index (Phi) is 6.52. The lowest BCUT2D eigenvalue weighted by Gasteiger charge is -2.12. The van der Waals surface area contributed by atoms with E-state index in [9.17, 15) is 14.4 Å². The molecule has 0 aliphatic rings. The van der Waals surface area contributed by atoms with E-state index >= 15 is 0 Å². The maximum Gasteiger partial charge on any atom is 0.327 e. The number of aliphatic carboxylic acids is 1. The van der Waals surface area contributed by atoms with Gasteiger partial charge in [0, 0.05) is 19.7 Å². The van der Waals surface area contributed by atoms with Gasteiger partial charge in [-0.05, 0) is 0 Å². The molecule has 0 aromatic heterocycles. The van der Waals surface area contributed by atoms with Crippen LogP contribution < -0.4 is 10.6 Å². The summed E-state index contributed by atoms with van der Waals surface area (Å²) in [6.07, 6.45) is 0. The average Bonchev–Trinajstić information content (AvgIpc) is 2.15. The Hall–Kier alpha value is -1.24. The van der Waals surface area contributed by atoms with E-state index < -0.39 is 17.9 Å². The van der Waals surface area contributed by atoms with E-state index in [1.807, 2.05) is 0 Å². The topological polar surface area (TPSA) is 95.5 Å². The van der Waals surface area contributed by atoms with Crippen molar-refractivity contribution in [1.82, 2.24) is 10.6 Å². The molecule has 15 heavy (non-hydrogen) atoms. The van der Waals surface area contributed by atoms with Crippen LogP contribution in [-0.4, -0.2) is 47.5 Å². The van der Waals surface area contributed by atoms with Crippen LogP contribution in [-0.2, 0) is 14.4 Å². The quantitative estimate of drug-likeness (QED) is 0.551. The first-order chi connectivity index (χ1) is 6.97. The molecule has 0 fully saturated rings. The van der Waals surface area contributed by atoms with Gasteiger partial charge in [0.05, 0.1) is 5.75 Å². The van der Waals surface area contributed by atoms with E-state index in [0.717, 1.165) is 11.8 Å². The number of carboxylic acids is 1. The Morgan fingerprint density at radius 2 is 2.00 bits per heavy atom. The van der Waals surface area contributed by atoms with Gasteiger partial charge in [0.15, 0.2) is 0 Å². The zero-order valence-electron chi connectivity index (χ0n) is 8.57. The van der Waals surface area contributed by atoms with Gasteiger partial charge in [-0.15, -0.1) is 11.8 Å². The van der Waals surface area contributed by atoms with Crippen molar-refractivity contribution in [3.05, 3.63) is 0 Å². The molecule has 0 aliphatic carbocycles. The van der Waals surface area contributed by atoms with Crippen LogP contribution in [0.5, 0.6) is 0 Å². The highest BCUT2D eigenvalue weighted by atomic mass is 32.2. The van der Waals surface area contributed by atoms with Crippen molar-refractivity contribution >= 4 is 29.5 Å². The van der Waals surface area contributed by atoms with Crippen molar-refractivity contribution in [1.29, 1.82) is 0 Å². The highest BCUT2D eigenvalue weighted by Crippen LogP contribution is 2.02. The summed E-state index contributed by atoms with van der Waals surface area (Å²) >= 11 is 1.16. The van der Waals surface area contributed by atoms with Crippen LogP contribution in [0.15, 0.2) is 0 Å². The highest BCUT2D eigenvalue weighted by molar-refractivity contribution is 8.00. The van der Waals surface area contributed by atoms with E-state index in [0.29, 0.717) is 0 Å². The average molecular weight is 234 g/mol. The molecule has 3 N–H and O–H groups in total. The molecule has 0 aliphatic heterocycles. The van der Waals surface area contributed by atoms with Gasteiger partial charge >= 0.3 is 5.97 Å². The molecule has 0 aromatic carbocycles. The fourth-order valence-electron chi connectivity index (χ4n) is 0.762. The Morgan fingerprint density at radius 1 is 1.40 bits per heavy atom. The molecular formula is C8H14N2O4S. The summed E-state index contributed by atoms with van der Waals surface area (Å²) in [6.45, 7) is 1.25. The largest absolute Gasteiger partial charge is 0.480 e. The van der Waals surface area contributed by atoms with Crippen LogP contribution in [0.1, 0.15) is 6.92 Å². The normalized spacial score (nSPS) is 11.6. The molecule has 0 aromatic rings. The molecule has 0 radical (unpaired) electrons. The van der Waals surface area contributed by atoms with Gasteiger partial charge in [-0.25, -0.2) is 4.79 Å². The second-order valence-corrected chi connectivity index (χ2v) is 3.81. The fraction of sp³-hybridized carbons (Fsp3) is 0.625. The number of carboxylic acid groups (broad SMARTS) is 1. The predicted molar refractivity (Wildman–Crippen MR) is 56.6 cm³/mol. The molecule has 2 amide bonds. The van der Waals surface area contributed by atoms with Crippen LogP contribution >= 0.6 is 11.8 Å². The summed E-state index contributed by atoms with van der Waals surface area (Å²) in [5.41, 5.74) is 0. The molecule has 0 rings (SSSR count). The van der Waals surface area contributed by atoms with Crippen LogP contribution in [0.4, 0.5) is 0 Å². The first kappa shape index (κ1) is 13.8. The molecule has 0 bridgehead atoms. The van der Waals surface area contributed by atoms with E-state index in [4.69, 9.17) is 5.11 Å². The van der Waals surface area contributed by atoms with E-state index in [-0.39, 0.29) is 17.4 Å². The molecule has 6 nitrogen and oxygen atoms in total. The zero-order chi connectivity index (χ0) is 11.8. The number of thioether (sulfide) groups is 1. The van der Waals surface area contributed by atoms with Crippen molar-refractivity contribution < 1.29 is 19.5 Å². The van der Waals surface area contributed by atoms with Crippen LogP contribution in [0.3, 0.4) is 0 Å². The molecule has 0 saturated carbocycles. The predicted octanol–water partition coefficient (Wildman–Crippen LogP) is -0.945. The lowest BCUT2D eigenvalue weighted by molar-refractivity contribution is -0.140. The fourth-order valence-corrected chi connectivity index (χ4v) is 1.67. The molecule has 0 spiro atoms. The molecule has 0 heterocycles. The molecule has 0 saturated heterocycles. The number of amides is 2. The van der Waals surface area contributed by atoms with E-state index in [1.165, 1.54) is 14.0 Å². The number of rotatable bonds is 6. The third kappa shape index (κ3) is 6.78. The first-order valence-corrected chi connectivity index (χ1v) is 5.41. The van der Waals surface area contributed by atoms with Gasteiger partial charge in [0.1, 0.15) is 6.04 Å². The van der Waals surface area contributed by atoms with Crippen molar-refractivity contribution in [3.63, 3.8) is 0 Å². The smallest absolute Gasteiger partial charge is 0.327 e. The molecule has 1 atom stereocenters. The molecule has 7 heteroatoms. The van der Waals surface area contributed by atoms with Gasteiger partial charge in [0.2, 0.25) is 11.8 Å². The van der Waals surface area contributed by atoms with Crippen molar-refractivity contribution in [2.75, 3.05) is 18.6 Å². The highest BCUT2D eigenvalue weighted by Gasteiger charge is 2.18. The molecule has 0 unspecified atom stereocenters. The van der Waals surface area contributed by atoms with E-state index in [1.54, 1.807) is 0 Å². The summed E-state index contributed by atoms with van der Waals surface area (Å²) in [5, 5.41) is 13.4. The van der Waals surface area contributed by atoms with Gasteiger partial charge in [-0.3, -0.25) is 9.59 Å². The van der Waals surface area contributed by atoms with Gasteiger partial charge in [0.25, 0.3) is 0 Å². The van der Waals surface area contributed by atoms with E-state index in [2.05, 4.69) is 10.6 Å². The third-order valence-electron chi connectivity index (χ3n) is 1.47. The summed E-state index contributed by atoms with van der Waals surface area (Å²) in [7, 11) is 1.51. The second-order valence-electron chi connectivity index (χ2n) is 2.78. The monoisotopic (exact) mass is 234 g/mol. The number of hydrogen-bond acceptors (Lipinski definition) is 4. The Balaban J connectivity index is 3.91. The number of carbonyl (C=O) groups is 3. The van der Waals surface area contributed by atoms with Gasteiger partial charge < -0.3 is 15.7 Å². The van der Waals surface area contributed by atoms with Gasteiger partial charge in [-0.1, -0.05) is 0 Å². The Bertz CT molecular complexity index is 257. The maximum absolute atomic E-state index is 10.8. The van der Waals surface area contributed by atoms with Gasteiger partial charge in [-0.2, -0.15) is 0 Å². The van der Waals surface area contributed by atoms with Crippen molar-refractivity contribution in [2.45, 2.75) is 13.0 Å².